The zero-order chi connectivity index (χ0) is 9.84. The summed E-state index contributed by atoms with van der Waals surface area (Å²) in [5.41, 5.74) is -0.104. The molecule has 1 unspecified atom stereocenters. The molecule has 0 fully saturated rings. The molecule has 0 aliphatic carbocycles. The van der Waals surface area contributed by atoms with E-state index in [4.69, 9.17) is 10.4 Å². The Morgan fingerprint density at radius 2 is 2.54 bits per heavy atom. The smallest absolute Gasteiger partial charge is 0.265 e. The van der Waals surface area contributed by atoms with Gasteiger partial charge in [0.05, 0.1) is 24.7 Å². The molecule has 1 rings (SSSR count). The molecule has 0 bridgehead atoms. The number of H-pyrrole nitrogens is 1. The maximum atomic E-state index is 11.0. The van der Waals surface area contributed by atoms with E-state index in [1.165, 1.54) is 6.33 Å². The summed E-state index contributed by atoms with van der Waals surface area (Å²) in [5, 5.41) is 17.4. The number of aliphatic hydroxyl groups excluding tert-OH is 1. The van der Waals surface area contributed by atoms with Crippen LogP contribution in [0.2, 0.25) is 0 Å². The molecule has 6 heteroatoms. The molecule has 1 heterocycles. The van der Waals surface area contributed by atoms with E-state index in [1.807, 2.05) is 6.07 Å². The van der Waals surface area contributed by atoms with E-state index in [1.54, 1.807) is 0 Å². The minimum atomic E-state index is -0.767. The van der Waals surface area contributed by atoms with E-state index in [9.17, 15) is 4.79 Å². The number of aromatic amines is 1. The molecule has 1 atom stereocenters. The molecule has 0 aliphatic rings. The Bertz CT molecular complexity index is 395. The highest BCUT2D eigenvalue weighted by molar-refractivity contribution is 9.10. The molecule has 1 aromatic heterocycles. The van der Waals surface area contributed by atoms with Crippen LogP contribution in [-0.4, -0.2) is 21.7 Å². The third-order valence-electron chi connectivity index (χ3n) is 1.49. The van der Waals surface area contributed by atoms with Crippen molar-refractivity contribution in [2.75, 3.05) is 6.61 Å². The van der Waals surface area contributed by atoms with Gasteiger partial charge >= 0.3 is 0 Å². The van der Waals surface area contributed by atoms with E-state index < -0.39 is 5.92 Å². The van der Waals surface area contributed by atoms with Crippen molar-refractivity contribution in [2.45, 2.75) is 5.92 Å². The van der Waals surface area contributed by atoms with Gasteiger partial charge in [-0.05, 0) is 15.9 Å². The molecule has 1 aromatic rings. The Kier molecular flexibility index (Phi) is 3.17. The Morgan fingerprint density at radius 3 is 3.08 bits per heavy atom. The Balaban J connectivity index is 3.23. The molecule has 68 valence electrons. The second kappa shape index (κ2) is 4.16. The molecule has 13 heavy (non-hydrogen) atoms. The predicted molar refractivity (Wildman–Crippen MR) is 48.0 cm³/mol. The predicted octanol–water partition coefficient (Wildman–Crippen LogP) is 0.132. The lowest BCUT2D eigenvalue weighted by atomic mass is 10.1. The van der Waals surface area contributed by atoms with Crippen molar-refractivity contribution >= 4 is 15.9 Å². The lowest BCUT2D eigenvalue weighted by molar-refractivity contribution is 0.283. The lowest BCUT2D eigenvalue weighted by Crippen LogP contribution is -2.14. The second-order valence-corrected chi connectivity index (χ2v) is 3.09. The highest BCUT2D eigenvalue weighted by Crippen LogP contribution is 2.17. The average Bonchev–Trinajstić information content (AvgIpc) is 2.14. The summed E-state index contributed by atoms with van der Waals surface area (Å²) >= 11 is 2.99. The molecule has 0 spiro atoms. The van der Waals surface area contributed by atoms with E-state index in [2.05, 4.69) is 25.9 Å². The van der Waals surface area contributed by atoms with Crippen molar-refractivity contribution in [3.63, 3.8) is 0 Å². The number of aromatic nitrogens is 2. The van der Waals surface area contributed by atoms with Crippen LogP contribution in [0.25, 0.3) is 0 Å². The van der Waals surface area contributed by atoms with Gasteiger partial charge in [-0.25, -0.2) is 4.98 Å². The minimum Gasteiger partial charge on any atom is -0.395 e. The highest BCUT2D eigenvalue weighted by Gasteiger charge is 2.15. The summed E-state index contributed by atoms with van der Waals surface area (Å²) < 4.78 is 0.190. The van der Waals surface area contributed by atoms with Crippen molar-refractivity contribution in [1.82, 2.24) is 9.97 Å². The fourth-order valence-corrected chi connectivity index (χ4v) is 1.32. The second-order valence-electron chi connectivity index (χ2n) is 2.30. The third kappa shape index (κ3) is 1.94. The zero-order valence-electron chi connectivity index (χ0n) is 6.49. The van der Waals surface area contributed by atoms with Crippen LogP contribution < -0.4 is 5.56 Å². The van der Waals surface area contributed by atoms with E-state index >= 15 is 0 Å². The van der Waals surface area contributed by atoms with E-state index in [-0.39, 0.29) is 22.3 Å². The number of nitrogens with one attached hydrogen (secondary N) is 1. The van der Waals surface area contributed by atoms with Gasteiger partial charge in [-0.2, -0.15) is 5.26 Å². The van der Waals surface area contributed by atoms with Gasteiger partial charge in [0, 0.05) is 0 Å². The van der Waals surface area contributed by atoms with Crippen LogP contribution in [0.1, 0.15) is 11.6 Å². The lowest BCUT2D eigenvalue weighted by Gasteiger charge is -2.04. The number of aliphatic hydroxyl groups is 1. The quantitative estimate of drug-likeness (QED) is 0.773. The maximum absolute atomic E-state index is 11.0. The van der Waals surface area contributed by atoms with Crippen molar-refractivity contribution in [2.24, 2.45) is 0 Å². The van der Waals surface area contributed by atoms with Gasteiger partial charge in [0.25, 0.3) is 5.56 Å². The first kappa shape index (κ1) is 9.89. The van der Waals surface area contributed by atoms with Gasteiger partial charge in [0.1, 0.15) is 10.4 Å². The van der Waals surface area contributed by atoms with Crippen molar-refractivity contribution in [1.29, 1.82) is 5.26 Å². The summed E-state index contributed by atoms with van der Waals surface area (Å²) in [6.07, 6.45) is 1.20. The first-order chi connectivity index (χ1) is 6.20. The summed E-state index contributed by atoms with van der Waals surface area (Å²) in [7, 11) is 0. The minimum absolute atomic E-state index is 0.190. The Morgan fingerprint density at radius 1 is 1.85 bits per heavy atom. The van der Waals surface area contributed by atoms with Crippen LogP contribution in [0.3, 0.4) is 0 Å². The topological polar surface area (TPSA) is 89.8 Å². The standard InChI is InChI=1S/C7H6BrN3O2/c8-5-6(4(1-9)2-12)10-3-11-7(5)13/h3-4,12H,2H2,(H,10,11,13). The van der Waals surface area contributed by atoms with Crippen LogP contribution in [0, 0.1) is 11.3 Å². The Labute approximate surface area is 82.2 Å². The van der Waals surface area contributed by atoms with Crippen molar-refractivity contribution in [3.05, 3.63) is 26.8 Å². The number of rotatable bonds is 2. The van der Waals surface area contributed by atoms with Crippen molar-refractivity contribution < 1.29 is 5.11 Å². The largest absolute Gasteiger partial charge is 0.395 e. The molecule has 5 nitrogen and oxygen atoms in total. The van der Waals surface area contributed by atoms with Gasteiger partial charge in [-0.3, -0.25) is 4.79 Å². The first-order valence-corrected chi connectivity index (χ1v) is 4.23. The third-order valence-corrected chi connectivity index (χ3v) is 2.26. The SMILES string of the molecule is N#CC(CO)c1nc[nH]c(=O)c1Br. The van der Waals surface area contributed by atoms with Gasteiger partial charge in [-0.15, -0.1) is 0 Å². The van der Waals surface area contributed by atoms with Gasteiger partial charge in [0.2, 0.25) is 0 Å². The molecule has 0 aliphatic heterocycles. The van der Waals surface area contributed by atoms with E-state index in [0.717, 1.165) is 0 Å². The zero-order valence-corrected chi connectivity index (χ0v) is 8.08. The Hall–Kier alpha value is -1.19. The van der Waals surface area contributed by atoms with Gasteiger partial charge in [0.15, 0.2) is 0 Å². The number of halogens is 1. The van der Waals surface area contributed by atoms with Crippen LogP contribution in [0.4, 0.5) is 0 Å². The van der Waals surface area contributed by atoms with Crippen molar-refractivity contribution in [3.8, 4) is 6.07 Å². The molecule has 0 amide bonds. The number of hydrogen-bond donors (Lipinski definition) is 2. The normalized spacial score (nSPS) is 12.1. The first-order valence-electron chi connectivity index (χ1n) is 3.44. The monoisotopic (exact) mass is 243 g/mol. The number of hydrogen-bond acceptors (Lipinski definition) is 4. The van der Waals surface area contributed by atoms with Gasteiger partial charge < -0.3 is 10.1 Å². The maximum Gasteiger partial charge on any atom is 0.265 e. The summed E-state index contributed by atoms with van der Waals surface area (Å²) in [4.78, 5) is 17.2. The van der Waals surface area contributed by atoms with Crippen LogP contribution in [0.15, 0.2) is 15.6 Å². The molecular weight excluding hydrogens is 238 g/mol. The molecule has 0 aromatic carbocycles. The van der Waals surface area contributed by atoms with Crippen LogP contribution in [-0.2, 0) is 0 Å². The molecule has 0 saturated carbocycles. The van der Waals surface area contributed by atoms with Crippen LogP contribution in [0.5, 0.6) is 0 Å². The summed E-state index contributed by atoms with van der Waals surface area (Å²) in [5.74, 6) is -0.767. The number of nitriles is 1. The average molecular weight is 244 g/mol. The molecular formula is C7H6BrN3O2. The molecule has 0 saturated heterocycles. The number of nitrogens with zero attached hydrogens (tertiary/aromatic N) is 2. The summed E-state index contributed by atoms with van der Waals surface area (Å²) in [6.45, 7) is -0.356. The van der Waals surface area contributed by atoms with E-state index in [0.29, 0.717) is 0 Å². The molecule has 2 N–H and O–H groups in total. The van der Waals surface area contributed by atoms with Gasteiger partial charge in [-0.1, -0.05) is 0 Å². The highest BCUT2D eigenvalue weighted by atomic mass is 79.9. The molecule has 0 radical (unpaired) electrons. The van der Waals surface area contributed by atoms with Crippen LogP contribution >= 0.6 is 15.9 Å². The summed E-state index contributed by atoms with van der Waals surface area (Å²) in [6, 6.07) is 1.84. The fraction of sp³-hybridized carbons (Fsp3) is 0.286. The fourth-order valence-electron chi connectivity index (χ4n) is 0.828.